The lowest BCUT2D eigenvalue weighted by Gasteiger charge is -2.20. The van der Waals surface area contributed by atoms with E-state index in [9.17, 15) is 19.8 Å². The Bertz CT molecular complexity index is 915. The third-order valence-corrected chi connectivity index (χ3v) is 10.9. The molecule has 56 heavy (non-hydrogen) atoms. The van der Waals surface area contributed by atoms with E-state index in [1.54, 1.807) is 6.08 Å². The van der Waals surface area contributed by atoms with E-state index in [2.05, 4.69) is 43.5 Å². The number of carbonyl (C=O) groups excluding carboxylic acids is 2. The summed E-state index contributed by atoms with van der Waals surface area (Å²) in [4.78, 5) is 24.3. The van der Waals surface area contributed by atoms with Crippen molar-refractivity contribution < 1.29 is 24.5 Å². The van der Waals surface area contributed by atoms with E-state index in [1.807, 2.05) is 6.08 Å². The molecule has 0 radical (unpaired) electrons. The predicted molar refractivity (Wildman–Crippen MR) is 241 cm³/mol. The highest BCUT2D eigenvalue weighted by molar-refractivity contribution is 5.76. The summed E-state index contributed by atoms with van der Waals surface area (Å²) >= 11 is 0. The van der Waals surface area contributed by atoms with Gasteiger partial charge in [0.15, 0.2) is 0 Å². The molecular weight excluding hydrogens is 695 g/mol. The lowest BCUT2D eigenvalue weighted by molar-refractivity contribution is -0.143. The van der Waals surface area contributed by atoms with E-state index >= 15 is 0 Å². The van der Waals surface area contributed by atoms with Gasteiger partial charge in [0.25, 0.3) is 0 Å². The van der Waals surface area contributed by atoms with Gasteiger partial charge in [-0.2, -0.15) is 0 Å². The summed E-state index contributed by atoms with van der Waals surface area (Å²) in [6, 6.07) is -0.642. The number of unbranched alkanes of at least 4 members (excludes halogenated alkanes) is 30. The standard InChI is InChI=1S/C50H93NO5/c1-3-5-7-9-11-13-15-19-24-28-32-36-40-44-50(55)56-45-41-37-33-29-25-21-18-16-17-20-23-27-31-35-39-43-49(54)51-47(46-52)48(53)42-38-34-30-26-22-14-12-10-8-6-4-2/h16,18,21,25,38,42,47-48,52-53H,3-15,17,19-20,22-24,26-37,39-41,43-46H2,1-2H3,(H,51,54)/b18-16-,25-21-,42-38+. The molecule has 2 unspecified atom stereocenters. The normalized spacial score (nSPS) is 13.0. The predicted octanol–water partition coefficient (Wildman–Crippen LogP) is 14.1. The molecule has 1 amide bonds. The summed E-state index contributed by atoms with van der Waals surface area (Å²) in [7, 11) is 0. The number of aliphatic hydroxyl groups excluding tert-OH is 2. The molecule has 0 aliphatic rings. The quantitative estimate of drug-likeness (QED) is 0.0247. The van der Waals surface area contributed by atoms with E-state index in [0.717, 1.165) is 77.0 Å². The molecule has 0 spiro atoms. The fourth-order valence-electron chi connectivity index (χ4n) is 7.15. The first-order chi connectivity index (χ1) is 27.5. The third kappa shape index (κ3) is 41.7. The average Bonchev–Trinajstić information content (AvgIpc) is 3.20. The van der Waals surface area contributed by atoms with Crippen molar-refractivity contribution in [1.82, 2.24) is 5.32 Å². The average molecular weight is 788 g/mol. The number of carbonyl (C=O) groups is 2. The lowest BCUT2D eigenvalue weighted by atomic mass is 10.0. The van der Waals surface area contributed by atoms with Gasteiger partial charge in [0.2, 0.25) is 5.91 Å². The first kappa shape index (κ1) is 54.1. The molecule has 6 nitrogen and oxygen atoms in total. The minimum Gasteiger partial charge on any atom is -0.466 e. The largest absolute Gasteiger partial charge is 0.466 e. The zero-order valence-electron chi connectivity index (χ0n) is 37.1. The first-order valence-corrected chi connectivity index (χ1v) is 24.3. The number of esters is 1. The molecule has 6 heteroatoms. The molecule has 0 saturated heterocycles. The summed E-state index contributed by atoms with van der Waals surface area (Å²) in [6.45, 7) is 4.82. The van der Waals surface area contributed by atoms with Crippen LogP contribution in [0.15, 0.2) is 36.5 Å². The number of amides is 1. The van der Waals surface area contributed by atoms with Crippen LogP contribution < -0.4 is 5.32 Å². The Balaban J connectivity index is 3.55. The SMILES string of the molecule is CCCCCCCCCCC/C=C/C(O)C(CO)NC(=O)CCCCCCCC/C=C\C=C/CCCCCOC(=O)CCCCCCCCCCCCCCC. The molecule has 0 rings (SSSR count). The Labute approximate surface area is 347 Å². The van der Waals surface area contributed by atoms with Crippen molar-refractivity contribution in [3.05, 3.63) is 36.5 Å². The van der Waals surface area contributed by atoms with Crippen molar-refractivity contribution in [2.24, 2.45) is 0 Å². The van der Waals surface area contributed by atoms with Gasteiger partial charge in [-0.1, -0.05) is 204 Å². The number of nitrogens with one attached hydrogen (secondary N) is 1. The maximum absolute atomic E-state index is 12.4. The highest BCUT2D eigenvalue weighted by Gasteiger charge is 2.18. The molecule has 0 bridgehead atoms. The number of hydrogen-bond acceptors (Lipinski definition) is 5. The maximum Gasteiger partial charge on any atom is 0.305 e. The summed E-state index contributed by atoms with van der Waals surface area (Å²) < 4.78 is 5.43. The molecular formula is C50H93NO5. The van der Waals surface area contributed by atoms with Crippen LogP contribution in [0.25, 0.3) is 0 Å². The number of hydrogen-bond donors (Lipinski definition) is 3. The van der Waals surface area contributed by atoms with Crippen LogP contribution in [0.2, 0.25) is 0 Å². The lowest BCUT2D eigenvalue weighted by Crippen LogP contribution is -2.45. The van der Waals surface area contributed by atoms with Gasteiger partial charge in [-0.25, -0.2) is 0 Å². The van der Waals surface area contributed by atoms with Gasteiger partial charge < -0.3 is 20.3 Å². The van der Waals surface area contributed by atoms with Crippen LogP contribution in [0.4, 0.5) is 0 Å². The molecule has 0 aromatic heterocycles. The molecule has 0 aromatic carbocycles. The highest BCUT2D eigenvalue weighted by Crippen LogP contribution is 2.15. The van der Waals surface area contributed by atoms with Gasteiger partial charge in [-0.05, 0) is 64.2 Å². The van der Waals surface area contributed by atoms with Crippen LogP contribution in [0.3, 0.4) is 0 Å². The number of aliphatic hydroxyl groups is 2. The summed E-state index contributed by atoms with van der Waals surface area (Å²) in [6.07, 6.45) is 54.2. The number of rotatable bonds is 44. The van der Waals surface area contributed by atoms with Crippen LogP contribution in [0.5, 0.6) is 0 Å². The molecule has 0 saturated carbocycles. The van der Waals surface area contributed by atoms with Gasteiger partial charge in [0.1, 0.15) is 0 Å². The Kier molecular flexibility index (Phi) is 44.2. The minimum atomic E-state index is -0.857. The van der Waals surface area contributed by atoms with Crippen molar-refractivity contribution in [3.63, 3.8) is 0 Å². The topological polar surface area (TPSA) is 95.9 Å². The summed E-state index contributed by atoms with van der Waals surface area (Å²) in [5, 5.41) is 22.9. The van der Waals surface area contributed by atoms with E-state index in [-0.39, 0.29) is 18.5 Å². The second kappa shape index (κ2) is 45.8. The zero-order valence-corrected chi connectivity index (χ0v) is 37.1. The van der Waals surface area contributed by atoms with E-state index < -0.39 is 12.1 Å². The van der Waals surface area contributed by atoms with Crippen LogP contribution in [0.1, 0.15) is 245 Å². The minimum absolute atomic E-state index is 0.0223. The van der Waals surface area contributed by atoms with Crippen LogP contribution >= 0.6 is 0 Å². The molecule has 0 fully saturated rings. The Morgan fingerprint density at radius 1 is 0.500 bits per heavy atom. The Hall–Kier alpha value is -1.92. The fourth-order valence-corrected chi connectivity index (χ4v) is 7.15. The molecule has 328 valence electrons. The highest BCUT2D eigenvalue weighted by atomic mass is 16.5. The zero-order chi connectivity index (χ0) is 40.8. The van der Waals surface area contributed by atoms with Crippen LogP contribution in [-0.4, -0.2) is 47.4 Å². The van der Waals surface area contributed by atoms with Gasteiger partial charge in [-0.3, -0.25) is 9.59 Å². The van der Waals surface area contributed by atoms with Gasteiger partial charge in [0, 0.05) is 12.8 Å². The molecule has 0 aliphatic heterocycles. The van der Waals surface area contributed by atoms with Gasteiger partial charge in [0.05, 0.1) is 25.4 Å². The van der Waals surface area contributed by atoms with E-state index in [4.69, 9.17) is 4.74 Å². The number of ether oxygens (including phenoxy) is 1. The fraction of sp³-hybridized carbons (Fsp3) is 0.840. The van der Waals surface area contributed by atoms with Crippen LogP contribution in [0, 0.1) is 0 Å². The molecule has 3 N–H and O–H groups in total. The molecule has 0 heterocycles. The Morgan fingerprint density at radius 3 is 1.32 bits per heavy atom. The van der Waals surface area contributed by atoms with Crippen molar-refractivity contribution in [3.8, 4) is 0 Å². The maximum atomic E-state index is 12.4. The number of allylic oxidation sites excluding steroid dienone is 5. The Morgan fingerprint density at radius 2 is 0.875 bits per heavy atom. The summed E-state index contributed by atoms with van der Waals surface area (Å²) in [5.74, 6) is -0.115. The molecule has 0 aliphatic carbocycles. The monoisotopic (exact) mass is 788 g/mol. The van der Waals surface area contributed by atoms with E-state index in [0.29, 0.717) is 19.4 Å². The van der Waals surface area contributed by atoms with Crippen molar-refractivity contribution in [1.29, 1.82) is 0 Å². The van der Waals surface area contributed by atoms with Gasteiger partial charge in [-0.15, -0.1) is 0 Å². The molecule has 0 aromatic rings. The van der Waals surface area contributed by atoms with Crippen molar-refractivity contribution in [2.75, 3.05) is 13.2 Å². The van der Waals surface area contributed by atoms with Gasteiger partial charge >= 0.3 is 5.97 Å². The summed E-state index contributed by atoms with van der Waals surface area (Å²) in [5.41, 5.74) is 0. The second-order valence-corrected chi connectivity index (χ2v) is 16.5. The van der Waals surface area contributed by atoms with E-state index in [1.165, 1.54) is 141 Å². The third-order valence-electron chi connectivity index (χ3n) is 10.9. The molecule has 2 atom stereocenters. The van der Waals surface area contributed by atoms with Crippen LogP contribution in [-0.2, 0) is 14.3 Å². The first-order valence-electron chi connectivity index (χ1n) is 24.3. The second-order valence-electron chi connectivity index (χ2n) is 16.5. The smallest absolute Gasteiger partial charge is 0.305 e. The van der Waals surface area contributed by atoms with Crippen molar-refractivity contribution >= 4 is 11.9 Å². The van der Waals surface area contributed by atoms with Crippen molar-refractivity contribution in [2.45, 2.75) is 257 Å².